The summed E-state index contributed by atoms with van der Waals surface area (Å²) in [7, 11) is 1.52. The maximum absolute atomic E-state index is 12.9. The lowest BCUT2D eigenvalue weighted by molar-refractivity contribution is -0.139. The molecule has 1 aromatic carbocycles. The molecule has 148 valence electrons. The number of thiophene rings is 1. The molecule has 3 rings (SSSR count). The van der Waals surface area contributed by atoms with Crippen molar-refractivity contribution in [1.29, 1.82) is 0 Å². The number of aryl methyl sites for hydroxylation is 1. The Morgan fingerprint density at radius 1 is 1.25 bits per heavy atom. The van der Waals surface area contributed by atoms with Gasteiger partial charge in [-0.3, -0.25) is 9.59 Å². The van der Waals surface area contributed by atoms with Crippen molar-refractivity contribution in [3.63, 3.8) is 0 Å². The number of carbonyl (C=O) groups excluding carboxylic acids is 2. The Hall–Kier alpha value is -2.60. The number of unbranched alkanes of at least 4 members (excludes halogenated alkanes) is 2. The van der Waals surface area contributed by atoms with E-state index in [-0.39, 0.29) is 11.3 Å². The van der Waals surface area contributed by atoms with E-state index in [4.69, 9.17) is 4.74 Å². The van der Waals surface area contributed by atoms with E-state index < -0.39 is 17.7 Å². The average Bonchev–Trinajstić information content (AvgIpc) is 3.30. The fourth-order valence-electron chi connectivity index (χ4n) is 3.54. The molecule has 1 aliphatic rings. The van der Waals surface area contributed by atoms with Gasteiger partial charge in [-0.2, -0.15) is 0 Å². The van der Waals surface area contributed by atoms with Crippen LogP contribution in [-0.2, 0) is 9.59 Å². The molecule has 28 heavy (non-hydrogen) atoms. The van der Waals surface area contributed by atoms with Gasteiger partial charge in [0.15, 0.2) is 0 Å². The van der Waals surface area contributed by atoms with Crippen LogP contribution in [0.5, 0.6) is 5.75 Å². The molecule has 0 radical (unpaired) electrons. The Morgan fingerprint density at radius 2 is 2.04 bits per heavy atom. The zero-order chi connectivity index (χ0) is 20.3. The van der Waals surface area contributed by atoms with Gasteiger partial charge < -0.3 is 14.7 Å². The molecule has 1 aliphatic heterocycles. The van der Waals surface area contributed by atoms with Crippen molar-refractivity contribution < 1.29 is 19.4 Å². The summed E-state index contributed by atoms with van der Waals surface area (Å²) in [6.45, 7) is 4.48. The van der Waals surface area contributed by atoms with E-state index >= 15 is 0 Å². The van der Waals surface area contributed by atoms with Gasteiger partial charge in [-0.15, -0.1) is 11.3 Å². The molecule has 0 bridgehead atoms. The van der Waals surface area contributed by atoms with Crippen LogP contribution in [0.4, 0.5) is 0 Å². The summed E-state index contributed by atoms with van der Waals surface area (Å²) in [6.07, 6.45) is 2.82. The van der Waals surface area contributed by atoms with Crippen LogP contribution >= 0.6 is 11.3 Å². The third-order valence-corrected chi connectivity index (χ3v) is 5.89. The van der Waals surface area contributed by atoms with Crippen molar-refractivity contribution in [2.24, 2.45) is 0 Å². The number of rotatable bonds is 7. The Labute approximate surface area is 169 Å². The first-order chi connectivity index (χ1) is 13.5. The van der Waals surface area contributed by atoms with Gasteiger partial charge >= 0.3 is 0 Å². The number of carbonyl (C=O) groups is 2. The lowest BCUT2D eigenvalue weighted by Crippen LogP contribution is -2.30. The molecule has 2 aromatic rings. The number of benzene rings is 1. The first kappa shape index (κ1) is 20.1. The molecule has 1 saturated heterocycles. The molecule has 1 atom stereocenters. The summed E-state index contributed by atoms with van der Waals surface area (Å²) < 4.78 is 5.37. The molecule has 1 unspecified atom stereocenters. The number of likely N-dealkylation sites (tertiary alicyclic amines) is 1. The Bertz CT molecular complexity index is 901. The minimum Gasteiger partial charge on any atom is -0.507 e. The predicted octanol–water partition coefficient (Wildman–Crippen LogP) is 4.68. The highest BCUT2D eigenvalue weighted by Gasteiger charge is 2.46. The molecule has 5 nitrogen and oxygen atoms in total. The highest BCUT2D eigenvalue weighted by atomic mass is 32.1. The summed E-state index contributed by atoms with van der Waals surface area (Å²) in [5.74, 6) is -0.917. The van der Waals surface area contributed by atoms with E-state index in [0.717, 1.165) is 29.7 Å². The number of methoxy groups -OCH3 is 1. The SMILES string of the molecule is CCCCCN1C(=O)C(=O)/C(=C(\O)c2cc(C)ccc2OC)C1c1cccs1. The van der Waals surface area contributed by atoms with Gasteiger partial charge in [0.1, 0.15) is 11.5 Å². The summed E-state index contributed by atoms with van der Waals surface area (Å²) in [5.41, 5.74) is 1.48. The molecule has 0 spiro atoms. The largest absolute Gasteiger partial charge is 0.507 e. The number of aliphatic hydroxyl groups excluding tert-OH is 1. The van der Waals surface area contributed by atoms with Crippen molar-refractivity contribution in [1.82, 2.24) is 4.90 Å². The standard InChI is InChI=1S/C22H25NO4S/c1-4-5-6-11-23-19(17-8-7-12-28-17)18(21(25)22(23)26)20(24)15-13-14(2)9-10-16(15)27-3/h7-10,12-13,19,24H,4-6,11H2,1-3H3/b20-18-. The first-order valence-corrected chi connectivity index (χ1v) is 10.3. The number of ketones is 1. The van der Waals surface area contributed by atoms with Crippen LogP contribution in [0, 0.1) is 6.92 Å². The monoisotopic (exact) mass is 399 g/mol. The van der Waals surface area contributed by atoms with Gasteiger partial charge in [-0.1, -0.05) is 37.5 Å². The van der Waals surface area contributed by atoms with Crippen LogP contribution in [0.1, 0.15) is 48.2 Å². The van der Waals surface area contributed by atoms with Crippen LogP contribution in [0.3, 0.4) is 0 Å². The molecule has 1 N–H and O–H groups in total. The summed E-state index contributed by atoms with van der Waals surface area (Å²) in [6, 6.07) is 8.61. The first-order valence-electron chi connectivity index (χ1n) is 9.46. The Balaban J connectivity index is 2.14. The van der Waals surface area contributed by atoms with Crippen LogP contribution in [0.15, 0.2) is 41.3 Å². The van der Waals surface area contributed by atoms with E-state index in [1.807, 2.05) is 30.5 Å². The fraction of sp³-hybridized carbons (Fsp3) is 0.364. The number of Topliss-reactive ketones (excluding diaryl/α,β-unsaturated/α-hetero) is 1. The van der Waals surface area contributed by atoms with Gasteiger partial charge in [0, 0.05) is 11.4 Å². The molecule has 6 heteroatoms. The number of amides is 1. The average molecular weight is 400 g/mol. The Morgan fingerprint density at radius 3 is 2.68 bits per heavy atom. The molecular formula is C22H25NO4S. The smallest absolute Gasteiger partial charge is 0.295 e. The quantitative estimate of drug-likeness (QED) is 0.318. The number of hydrogen-bond acceptors (Lipinski definition) is 5. The lowest BCUT2D eigenvalue weighted by atomic mass is 9.98. The summed E-state index contributed by atoms with van der Waals surface area (Å²) in [5, 5.41) is 13.0. The highest BCUT2D eigenvalue weighted by molar-refractivity contribution is 7.10. The van der Waals surface area contributed by atoms with E-state index in [1.54, 1.807) is 17.0 Å². The molecule has 0 aliphatic carbocycles. The molecule has 1 amide bonds. The van der Waals surface area contributed by atoms with Gasteiger partial charge in [0.25, 0.3) is 11.7 Å². The number of ether oxygens (including phenoxy) is 1. The molecular weight excluding hydrogens is 374 g/mol. The van der Waals surface area contributed by atoms with Crippen molar-refractivity contribution >= 4 is 28.8 Å². The van der Waals surface area contributed by atoms with Gasteiger partial charge in [-0.25, -0.2) is 0 Å². The third-order valence-electron chi connectivity index (χ3n) is 4.97. The highest BCUT2D eigenvalue weighted by Crippen LogP contribution is 2.42. The van der Waals surface area contributed by atoms with Gasteiger partial charge in [0.2, 0.25) is 0 Å². The number of hydrogen-bond donors (Lipinski definition) is 1. The normalized spacial score (nSPS) is 18.7. The van der Waals surface area contributed by atoms with E-state index in [2.05, 4.69) is 6.92 Å². The van der Waals surface area contributed by atoms with Crippen LogP contribution in [-0.4, -0.2) is 35.4 Å². The molecule has 1 fully saturated rings. The maximum Gasteiger partial charge on any atom is 0.295 e. The molecule has 1 aromatic heterocycles. The van der Waals surface area contributed by atoms with E-state index in [0.29, 0.717) is 17.9 Å². The minimum absolute atomic E-state index is 0.132. The van der Waals surface area contributed by atoms with Crippen LogP contribution < -0.4 is 4.74 Å². The second kappa shape index (κ2) is 8.61. The zero-order valence-corrected chi connectivity index (χ0v) is 17.2. The number of aliphatic hydroxyl groups is 1. The zero-order valence-electron chi connectivity index (χ0n) is 16.4. The van der Waals surface area contributed by atoms with Crippen molar-refractivity contribution in [2.75, 3.05) is 13.7 Å². The van der Waals surface area contributed by atoms with Crippen molar-refractivity contribution in [2.45, 2.75) is 39.2 Å². The minimum atomic E-state index is -0.643. The van der Waals surface area contributed by atoms with E-state index in [1.165, 1.54) is 18.4 Å². The maximum atomic E-state index is 12.9. The van der Waals surface area contributed by atoms with Crippen LogP contribution in [0.25, 0.3) is 5.76 Å². The third kappa shape index (κ3) is 3.69. The van der Waals surface area contributed by atoms with Gasteiger partial charge in [-0.05, 0) is 36.9 Å². The van der Waals surface area contributed by atoms with Crippen molar-refractivity contribution in [3.05, 3.63) is 57.3 Å². The molecule has 0 saturated carbocycles. The second-order valence-corrected chi connectivity index (χ2v) is 7.90. The predicted molar refractivity (Wildman–Crippen MR) is 111 cm³/mol. The summed E-state index contributed by atoms with van der Waals surface area (Å²) >= 11 is 1.47. The topological polar surface area (TPSA) is 66.8 Å². The molecule has 2 heterocycles. The number of nitrogens with zero attached hydrogens (tertiary/aromatic N) is 1. The van der Waals surface area contributed by atoms with Crippen molar-refractivity contribution in [3.8, 4) is 5.75 Å². The Kier molecular flexibility index (Phi) is 6.19. The van der Waals surface area contributed by atoms with E-state index in [9.17, 15) is 14.7 Å². The van der Waals surface area contributed by atoms with Gasteiger partial charge in [0.05, 0.1) is 24.3 Å². The second-order valence-electron chi connectivity index (χ2n) is 6.92. The fourth-order valence-corrected chi connectivity index (χ4v) is 4.38. The lowest BCUT2D eigenvalue weighted by Gasteiger charge is -2.24. The summed E-state index contributed by atoms with van der Waals surface area (Å²) in [4.78, 5) is 28.1. The van der Waals surface area contributed by atoms with Crippen LogP contribution in [0.2, 0.25) is 0 Å².